The standard InChI is InChI=1S/C16H22ClNO/c1-16(2)10-4-3-5-14(16)18-15(19)13-8-6-12(11-17)7-9-13/h6-9,14H,3-5,10-11H2,1-2H3,(H,18,19). The Morgan fingerprint density at radius 1 is 1.32 bits per heavy atom. The highest BCUT2D eigenvalue weighted by Crippen LogP contribution is 2.35. The Morgan fingerprint density at radius 2 is 2.00 bits per heavy atom. The van der Waals surface area contributed by atoms with Gasteiger partial charge in [-0.1, -0.05) is 38.8 Å². The molecule has 1 aromatic rings. The molecule has 0 aliphatic heterocycles. The molecule has 3 heteroatoms. The van der Waals surface area contributed by atoms with Crippen molar-refractivity contribution in [1.29, 1.82) is 0 Å². The zero-order valence-corrected chi connectivity index (χ0v) is 12.5. The van der Waals surface area contributed by atoms with E-state index in [0.717, 1.165) is 17.5 Å². The maximum atomic E-state index is 12.3. The lowest BCUT2D eigenvalue weighted by atomic mass is 9.73. The lowest BCUT2D eigenvalue weighted by molar-refractivity contribution is 0.0853. The maximum Gasteiger partial charge on any atom is 0.251 e. The van der Waals surface area contributed by atoms with Gasteiger partial charge in [-0.25, -0.2) is 0 Å². The van der Waals surface area contributed by atoms with Gasteiger partial charge in [0.2, 0.25) is 0 Å². The molecule has 1 saturated carbocycles. The van der Waals surface area contributed by atoms with Crippen molar-refractivity contribution >= 4 is 17.5 Å². The fourth-order valence-electron chi connectivity index (χ4n) is 2.75. The lowest BCUT2D eigenvalue weighted by Crippen LogP contribution is -2.46. The fraction of sp³-hybridized carbons (Fsp3) is 0.562. The van der Waals surface area contributed by atoms with Crippen molar-refractivity contribution in [3.8, 4) is 0 Å². The molecule has 2 rings (SSSR count). The molecule has 0 bridgehead atoms. The van der Waals surface area contributed by atoms with E-state index in [1.54, 1.807) is 0 Å². The van der Waals surface area contributed by atoms with Crippen LogP contribution >= 0.6 is 11.6 Å². The fourth-order valence-corrected chi connectivity index (χ4v) is 2.93. The highest BCUT2D eigenvalue weighted by atomic mass is 35.5. The van der Waals surface area contributed by atoms with Crippen LogP contribution in [-0.2, 0) is 5.88 Å². The molecule has 1 atom stereocenters. The highest BCUT2D eigenvalue weighted by Gasteiger charge is 2.33. The second kappa shape index (κ2) is 5.96. The summed E-state index contributed by atoms with van der Waals surface area (Å²) in [5.41, 5.74) is 1.95. The predicted octanol–water partition coefficient (Wildman–Crippen LogP) is 4.12. The van der Waals surface area contributed by atoms with Crippen LogP contribution in [0.25, 0.3) is 0 Å². The lowest BCUT2D eigenvalue weighted by Gasteiger charge is -2.39. The first-order chi connectivity index (χ1) is 9.03. The van der Waals surface area contributed by atoms with E-state index >= 15 is 0 Å². The van der Waals surface area contributed by atoms with Crippen LogP contribution in [-0.4, -0.2) is 11.9 Å². The molecule has 0 heterocycles. The molecule has 1 aromatic carbocycles. The van der Waals surface area contributed by atoms with Crippen molar-refractivity contribution in [3.63, 3.8) is 0 Å². The zero-order valence-electron chi connectivity index (χ0n) is 11.7. The van der Waals surface area contributed by atoms with Crippen molar-refractivity contribution in [1.82, 2.24) is 5.32 Å². The van der Waals surface area contributed by atoms with E-state index in [1.165, 1.54) is 19.3 Å². The molecule has 1 amide bonds. The summed E-state index contributed by atoms with van der Waals surface area (Å²) in [6, 6.07) is 7.80. The maximum absolute atomic E-state index is 12.3. The van der Waals surface area contributed by atoms with Crippen molar-refractivity contribution in [2.24, 2.45) is 5.41 Å². The number of benzene rings is 1. The number of halogens is 1. The number of carbonyl (C=O) groups is 1. The first-order valence-corrected chi connectivity index (χ1v) is 7.52. The smallest absolute Gasteiger partial charge is 0.251 e. The van der Waals surface area contributed by atoms with Gasteiger partial charge in [-0.2, -0.15) is 0 Å². The number of alkyl halides is 1. The van der Waals surface area contributed by atoms with Gasteiger partial charge in [0.05, 0.1) is 0 Å². The van der Waals surface area contributed by atoms with Crippen LogP contribution in [0.1, 0.15) is 55.5 Å². The van der Waals surface area contributed by atoms with E-state index in [1.807, 2.05) is 24.3 Å². The summed E-state index contributed by atoms with van der Waals surface area (Å²) in [4.78, 5) is 12.3. The van der Waals surface area contributed by atoms with Gasteiger partial charge in [-0.3, -0.25) is 4.79 Å². The monoisotopic (exact) mass is 279 g/mol. The molecular formula is C16H22ClNO. The van der Waals surface area contributed by atoms with Crippen LogP contribution in [0.4, 0.5) is 0 Å². The molecule has 0 spiro atoms. The summed E-state index contributed by atoms with van der Waals surface area (Å²) < 4.78 is 0. The minimum Gasteiger partial charge on any atom is -0.349 e. The third-order valence-electron chi connectivity index (χ3n) is 4.18. The Bertz CT molecular complexity index is 439. The third kappa shape index (κ3) is 3.50. The van der Waals surface area contributed by atoms with E-state index in [0.29, 0.717) is 5.88 Å². The Balaban J connectivity index is 2.03. The normalized spacial score (nSPS) is 21.9. The van der Waals surface area contributed by atoms with Crippen LogP contribution in [0, 0.1) is 5.41 Å². The van der Waals surface area contributed by atoms with E-state index in [-0.39, 0.29) is 17.4 Å². The second-order valence-electron chi connectivity index (χ2n) is 6.09. The average Bonchev–Trinajstić information content (AvgIpc) is 2.41. The van der Waals surface area contributed by atoms with E-state index in [4.69, 9.17) is 11.6 Å². The number of rotatable bonds is 3. The summed E-state index contributed by atoms with van der Waals surface area (Å²) in [6.07, 6.45) is 4.74. The molecule has 1 aliphatic rings. The van der Waals surface area contributed by atoms with E-state index < -0.39 is 0 Å². The van der Waals surface area contributed by atoms with Gasteiger partial charge >= 0.3 is 0 Å². The number of carbonyl (C=O) groups excluding carboxylic acids is 1. The van der Waals surface area contributed by atoms with E-state index in [9.17, 15) is 4.79 Å². The van der Waals surface area contributed by atoms with Crippen molar-refractivity contribution < 1.29 is 4.79 Å². The minimum absolute atomic E-state index is 0.0288. The summed E-state index contributed by atoms with van der Waals surface area (Å²) in [6.45, 7) is 4.49. The van der Waals surface area contributed by atoms with Crippen molar-refractivity contribution in [2.45, 2.75) is 51.5 Å². The first kappa shape index (κ1) is 14.4. The largest absolute Gasteiger partial charge is 0.349 e. The van der Waals surface area contributed by atoms with Crippen LogP contribution in [0.15, 0.2) is 24.3 Å². The number of amides is 1. The van der Waals surface area contributed by atoms with Gasteiger partial charge in [0.1, 0.15) is 0 Å². The van der Waals surface area contributed by atoms with Gasteiger partial charge in [0, 0.05) is 17.5 Å². The average molecular weight is 280 g/mol. The van der Waals surface area contributed by atoms with Gasteiger partial charge in [-0.15, -0.1) is 11.6 Å². The Labute approximate surface area is 120 Å². The Morgan fingerprint density at radius 3 is 2.58 bits per heavy atom. The van der Waals surface area contributed by atoms with Gasteiger partial charge in [0.15, 0.2) is 0 Å². The highest BCUT2D eigenvalue weighted by molar-refractivity contribution is 6.17. The molecule has 1 N–H and O–H groups in total. The Hall–Kier alpha value is -1.02. The molecule has 0 aromatic heterocycles. The molecule has 1 unspecified atom stereocenters. The molecule has 2 nitrogen and oxygen atoms in total. The predicted molar refractivity (Wildman–Crippen MR) is 79.5 cm³/mol. The molecule has 1 aliphatic carbocycles. The number of hydrogen-bond acceptors (Lipinski definition) is 1. The summed E-state index contributed by atoms with van der Waals surface area (Å²) in [5, 5.41) is 3.19. The Kier molecular flexibility index (Phi) is 4.51. The zero-order chi connectivity index (χ0) is 13.9. The third-order valence-corrected chi connectivity index (χ3v) is 4.49. The quantitative estimate of drug-likeness (QED) is 0.829. The molecule has 104 valence electrons. The topological polar surface area (TPSA) is 29.1 Å². The second-order valence-corrected chi connectivity index (χ2v) is 6.36. The van der Waals surface area contributed by atoms with Gasteiger partial charge in [-0.05, 0) is 36.0 Å². The molecule has 0 radical (unpaired) electrons. The van der Waals surface area contributed by atoms with Crippen molar-refractivity contribution in [2.75, 3.05) is 0 Å². The summed E-state index contributed by atoms with van der Waals surface area (Å²) in [7, 11) is 0. The number of hydrogen-bond donors (Lipinski definition) is 1. The van der Waals surface area contributed by atoms with Crippen LogP contribution in [0.5, 0.6) is 0 Å². The molecule has 19 heavy (non-hydrogen) atoms. The minimum atomic E-state index is 0.0288. The molecule has 0 saturated heterocycles. The SMILES string of the molecule is CC1(C)CCCCC1NC(=O)c1ccc(CCl)cc1. The molecule has 1 fully saturated rings. The summed E-state index contributed by atoms with van der Waals surface area (Å²) in [5.74, 6) is 0.512. The van der Waals surface area contributed by atoms with Crippen LogP contribution in [0.2, 0.25) is 0 Å². The first-order valence-electron chi connectivity index (χ1n) is 6.99. The molecular weight excluding hydrogens is 258 g/mol. The van der Waals surface area contributed by atoms with Gasteiger partial charge < -0.3 is 5.32 Å². The van der Waals surface area contributed by atoms with Crippen LogP contribution in [0.3, 0.4) is 0 Å². The van der Waals surface area contributed by atoms with Crippen LogP contribution < -0.4 is 5.32 Å². The number of nitrogens with one attached hydrogen (secondary N) is 1. The summed E-state index contributed by atoms with van der Waals surface area (Å²) >= 11 is 5.75. The van der Waals surface area contributed by atoms with Gasteiger partial charge in [0.25, 0.3) is 5.91 Å². The van der Waals surface area contributed by atoms with E-state index in [2.05, 4.69) is 19.2 Å². The van der Waals surface area contributed by atoms with Crippen molar-refractivity contribution in [3.05, 3.63) is 35.4 Å².